The van der Waals surface area contributed by atoms with Gasteiger partial charge in [0.1, 0.15) is 17.7 Å². The van der Waals surface area contributed by atoms with Gasteiger partial charge in [0.2, 0.25) is 11.9 Å². The number of piperazine rings is 1. The SMILES string of the molecule is CNC(=O)O[C@H](C(=O)NN(Cc1c(F)cc(-c2ccn(C(F)F)n2)cc1F)C[C@H](O)[C@H](Cc1ccc(C#Cc2cnc(N3C[C@@H]4CC[C@@H](C3)N4C3COC3)nc2)cc1)NC(=O)[C@@H](NC(=O)OC)C(C)(C)C)C(C)(C)C. The number of nitrogens with one attached hydrogen (secondary N) is 4. The van der Waals surface area contributed by atoms with Gasteiger partial charge in [0.05, 0.1) is 49.8 Å². The van der Waals surface area contributed by atoms with Crippen LogP contribution in [0.5, 0.6) is 0 Å². The van der Waals surface area contributed by atoms with Crippen LogP contribution in [-0.4, -0.2) is 148 Å². The summed E-state index contributed by atoms with van der Waals surface area (Å²) in [5.74, 6) is 2.97. The number of carbonyl (C=O) groups excluding carboxylic acids is 4. The molecule has 3 aliphatic rings. The van der Waals surface area contributed by atoms with Crippen LogP contribution < -0.4 is 26.3 Å². The van der Waals surface area contributed by atoms with Crippen LogP contribution in [0.15, 0.2) is 61.1 Å². The third-order valence-corrected chi connectivity index (χ3v) is 13.4. The molecule has 3 fully saturated rings. The number of hydrogen-bond acceptors (Lipinski definition) is 14. The van der Waals surface area contributed by atoms with Crippen LogP contribution in [0.1, 0.15) is 83.2 Å². The van der Waals surface area contributed by atoms with Crippen LogP contribution in [0.25, 0.3) is 11.3 Å². The molecule has 6 atom stereocenters. The quantitative estimate of drug-likeness (QED) is 0.0539. The molecule has 4 aromatic rings. The lowest BCUT2D eigenvalue weighted by molar-refractivity contribution is -0.141. The Balaban J connectivity index is 1.13. The number of benzene rings is 2. The second kappa shape index (κ2) is 23.8. The van der Waals surface area contributed by atoms with Crippen molar-refractivity contribution in [2.24, 2.45) is 10.8 Å². The highest BCUT2D eigenvalue weighted by atomic mass is 19.3. The average molecular weight is 1050 g/mol. The minimum atomic E-state index is -3.00. The number of hydrazine groups is 1. The third-order valence-electron chi connectivity index (χ3n) is 13.4. The van der Waals surface area contributed by atoms with E-state index in [-0.39, 0.29) is 17.7 Å². The van der Waals surface area contributed by atoms with Crippen molar-refractivity contribution in [3.63, 3.8) is 0 Å². The van der Waals surface area contributed by atoms with Gasteiger partial charge in [0, 0.05) is 86.0 Å². The highest BCUT2D eigenvalue weighted by Gasteiger charge is 2.46. The van der Waals surface area contributed by atoms with Gasteiger partial charge in [-0.25, -0.2) is 38.0 Å². The first-order valence-electron chi connectivity index (χ1n) is 24.6. The molecule has 5 heterocycles. The number of rotatable bonds is 17. The Labute approximate surface area is 433 Å². The molecule has 4 amide bonds. The third kappa shape index (κ3) is 14.1. The van der Waals surface area contributed by atoms with Crippen LogP contribution in [0.2, 0.25) is 0 Å². The summed E-state index contributed by atoms with van der Waals surface area (Å²) >= 11 is 0. The van der Waals surface area contributed by atoms with E-state index in [1.54, 1.807) is 78.2 Å². The van der Waals surface area contributed by atoms with E-state index < -0.39 is 96.0 Å². The molecular formula is C52H65F4N11O8. The van der Waals surface area contributed by atoms with Crippen LogP contribution in [-0.2, 0) is 36.8 Å². The number of hydrogen-bond donors (Lipinski definition) is 5. The molecule has 19 nitrogen and oxygen atoms in total. The van der Waals surface area contributed by atoms with Crippen molar-refractivity contribution in [1.29, 1.82) is 0 Å². The molecule has 23 heteroatoms. The van der Waals surface area contributed by atoms with E-state index in [1.807, 2.05) is 0 Å². The number of aliphatic hydroxyl groups is 1. The van der Waals surface area contributed by atoms with Crippen molar-refractivity contribution in [3.05, 3.63) is 94.9 Å². The summed E-state index contributed by atoms with van der Waals surface area (Å²) in [6.07, 6.45) is 1.64. The number of amides is 4. The highest BCUT2D eigenvalue weighted by Crippen LogP contribution is 2.35. The highest BCUT2D eigenvalue weighted by molar-refractivity contribution is 5.87. The number of ether oxygens (including phenoxy) is 3. The van der Waals surface area contributed by atoms with Crippen molar-refractivity contribution in [3.8, 4) is 23.1 Å². The smallest absolute Gasteiger partial charge is 0.407 e. The monoisotopic (exact) mass is 1050 g/mol. The fraction of sp³-hybridized carbons (Fsp3) is 0.519. The molecule has 0 aliphatic carbocycles. The maximum atomic E-state index is 16.0. The van der Waals surface area contributed by atoms with Gasteiger partial charge in [0.25, 0.3) is 5.91 Å². The normalized spacial score (nSPS) is 18.5. The van der Waals surface area contributed by atoms with Crippen LogP contribution in [0.3, 0.4) is 0 Å². The van der Waals surface area contributed by atoms with Crippen molar-refractivity contribution in [2.45, 2.75) is 116 Å². The van der Waals surface area contributed by atoms with Crippen LogP contribution in [0, 0.1) is 34.3 Å². The summed E-state index contributed by atoms with van der Waals surface area (Å²) in [7, 11) is 2.44. The average Bonchev–Trinajstić information content (AvgIpc) is 3.93. The summed E-state index contributed by atoms with van der Waals surface area (Å²) in [6, 6.07) is 8.92. The van der Waals surface area contributed by atoms with Crippen LogP contribution >= 0.6 is 0 Å². The molecule has 2 aromatic carbocycles. The van der Waals surface area contributed by atoms with Crippen LogP contribution in [0.4, 0.5) is 33.1 Å². The fourth-order valence-corrected chi connectivity index (χ4v) is 9.36. The van der Waals surface area contributed by atoms with Crippen molar-refractivity contribution in [2.75, 3.05) is 51.9 Å². The van der Waals surface area contributed by atoms with Gasteiger partial charge in [-0.05, 0) is 60.6 Å². The Morgan fingerprint density at radius 2 is 1.49 bits per heavy atom. The Morgan fingerprint density at radius 3 is 2.03 bits per heavy atom. The number of aromatic nitrogens is 4. The standard InChI is InChI=1S/C52H65F4N11O8/c1-51(2,3)43(61-50(72)73-8)45(69)60-41(19-31-12-9-30(10-13-31)11-14-32-22-58-48(59-23-32)64-24-34-15-16-35(25-64)67(34)36-28-74-29-36)42(68)27-65(63-46(70)44(52(4,5)6)75-49(71)57-7)26-37-38(53)20-33(21-39(37)54)40-17-18-66(62-40)47(55)56/h9-10,12-13,17-18,20-23,34-36,41-44,47,68H,15-16,19,24-29H2,1-8H3,(H,57,71)(H,60,69)(H,61,72)(H,63,70)/t34-,35-,41-,42-,43+,44+/m0/s1. The zero-order valence-electron chi connectivity index (χ0n) is 43.2. The zero-order chi connectivity index (χ0) is 54.4. The summed E-state index contributed by atoms with van der Waals surface area (Å²) in [4.78, 5) is 67.2. The topological polar surface area (TPSA) is 218 Å². The predicted molar refractivity (Wildman–Crippen MR) is 267 cm³/mol. The Morgan fingerprint density at radius 1 is 0.867 bits per heavy atom. The van der Waals surface area contributed by atoms with Gasteiger partial charge in [-0.2, -0.15) is 13.9 Å². The number of alkyl carbamates (subject to hydrolysis) is 2. The van der Waals surface area contributed by atoms with E-state index in [0.717, 1.165) is 75.7 Å². The molecule has 3 aliphatic heterocycles. The molecule has 2 aromatic heterocycles. The van der Waals surface area contributed by atoms with Gasteiger partial charge >= 0.3 is 18.7 Å². The summed E-state index contributed by atoms with van der Waals surface area (Å²) in [6.45, 7) is 8.93. The molecule has 5 N–H and O–H groups in total. The number of aliphatic hydroxyl groups excluding tert-OH is 1. The second-order valence-electron chi connectivity index (χ2n) is 21.1. The molecule has 0 unspecified atom stereocenters. The first-order valence-corrected chi connectivity index (χ1v) is 24.6. The first-order chi connectivity index (χ1) is 35.5. The van der Waals surface area contributed by atoms with Crippen molar-refractivity contribution >= 4 is 29.9 Å². The second-order valence-corrected chi connectivity index (χ2v) is 21.1. The fourth-order valence-electron chi connectivity index (χ4n) is 9.36. The van der Waals surface area contributed by atoms with Crippen molar-refractivity contribution in [1.82, 2.24) is 51.0 Å². The number of halogens is 4. The maximum absolute atomic E-state index is 16.0. The molecule has 0 spiro atoms. The molecule has 3 saturated heterocycles. The molecular weight excluding hydrogens is 983 g/mol. The zero-order valence-corrected chi connectivity index (χ0v) is 43.2. The predicted octanol–water partition coefficient (Wildman–Crippen LogP) is 4.93. The summed E-state index contributed by atoms with van der Waals surface area (Å²) < 4.78 is 74.6. The number of carbonyl (C=O) groups is 4. The minimum absolute atomic E-state index is 0.0513. The van der Waals surface area contributed by atoms with E-state index in [2.05, 4.69) is 58.1 Å². The number of anilines is 1. The largest absolute Gasteiger partial charge is 0.453 e. The molecule has 7 rings (SSSR count). The van der Waals surface area contributed by atoms with E-state index in [4.69, 9.17) is 14.2 Å². The van der Waals surface area contributed by atoms with E-state index in [1.165, 1.54) is 7.05 Å². The van der Waals surface area contributed by atoms with E-state index in [9.17, 15) is 33.1 Å². The summed E-state index contributed by atoms with van der Waals surface area (Å²) in [5, 5.41) is 24.5. The number of methoxy groups -OCH3 is 1. The van der Waals surface area contributed by atoms with Gasteiger partial charge < -0.3 is 40.2 Å². The Kier molecular flexibility index (Phi) is 17.7. The molecule has 404 valence electrons. The first kappa shape index (κ1) is 55.9. The lowest BCUT2D eigenvalue weighted by Gasteiger charge is -2.47. The van der Waals surface area contributed by atoms with Gasteiger partial charge in [-0.1, -0.05) is 65.5 Å². The number of nitrogens with zero attached hydrogens (tertiary/aromatic N) is 7. The lowest BCUT2D eigenvalue weighted by Crippen LogP contribution is -2.62. The molecule has 0 radical (unpaired) electrons. The molecule has 2 bridgehead atoms. The molecule has 75 heavy (non-hydrogen) atoms. The Hall–Kier alpha value is -6.87. The summed E-state index contributed by atoms with van der Waals surface area (Å²) in [5.41, 5.74) is 1.59. The van der Waals surface area contributed by atoms with Gasteiger partial charge in [-0.3, -0.25) is 19.9 Å². The van der Waals surface area contributed by atoms with E-state index in [0.29, 0.717) is 45.4 Å². The van der Waals surface area contributed by atoms with Crippen molar-refractivity contribution < 1.29 is 56.1 Å². The number of fused-ring (bicyclic) bond motifs is 2. The lowest BCUT2D eigenvalue weighted by atomic mass is 9.85. The van der Waals surface area contributed by atoms with Gasteiger partial charge in [0.15, 0.2) is 6.10 Å². The number of alkyl halides is 2. The van der Waals surface area contributed by atoms with E-state index >= 15 is 8.78 Å². The minimum Gasteiger partial charge on any atom is -0.453 e. The Bertz CT molecular complexity index is 2680. The maximum Gasteiger partial charge on any atom is 0.407 e. The molecule has 0 saturated carbocycles. The van der Waals surface area contributed by atoms with Gasteiger partial charge in [-0.15, -0.1) is 0 Å².